The summed E-state index contributed by atoms with van der Waals surface area (Å²) in [6, 6.07) is 14.3. The van der Waals surface area contributed by atoms with Gasteiger partial charge >= 0.3 is 0 Å². The standard InChI is InChI=1S/C19H14F2N2O5S2/c20-17-11-10-16(12-18(17)21)30(27,28)22-14-6-8-15(9-7-14)29(25,26)23-19(24)13-4-2-1-3-5-13/h1-12,22H,(H,23,24). The summed E-state index contributed by atoms with van der Waals surface area (Å²) in [5, 5.41) is 0. The minimum Gasteiger partial charge on any atom is -0.280 e. The van der Waals surface area contributed by atoms with Crippen molar-refractivity contribution in [2.75, 3.05) is 4.72 Å². The van der Waals surface area contributed by atoms with E-state index in [4.69, 9.17) is 0 Å². The molecule has 11 heteroatoms. The summed E-state index contributed by atoms with van der Waals surface area (Å²) in [5.74, 6) is -3.34. The van der Waals surface area contributed by atoms with E-state index in [1.54, 1.807) is 18.2 Å². The summed E-state index contributed by atoms with van der Waals surface area (Å²) in [4.78, 5) is 11.3. The van der Waals surface area contributed by atoms with Gasteiger partial charge in [-0.3, -0.25) is 9.52 Å². The molecular weight excluding hydrogens is 438 g/mol. The lowest BCUT2D eigenvalue weighted by Gasteiger charge is -2.10. The van der Waals surface area contributed by atoms with Gasteiger partial charge in [0.2, 0.25) is 0 Å². The summed E-state index contributed by atoms with van der Waals surface area (Å²) in [7, 11) is -8.43. The van der Waals surface area contributed by atoms with Gasteiger partial charge in [-0.2, -0.15) is 0 Å². The van der Waals surface area contributed by atoms with Crippen LogP contribution in [0.15, 0.2) is 82.6 Å². The van der Waals surface area contributed by atoms with Crippen molar-refractivity contribution in [1.82, 2.24) is 4.72 Å². The first-order valence-electron chi connectivity index (χ1n) is 8.29. The molecule has 0 unspecified atom stereocenters. The first kappa shape index (κ1) is 21.4. The van der Waals surface area contributed by atoms with Crippen molar-refractivity contribution >= 4 is 31.6 Å². The molecule has 3 aromatic rings. The van der Waals surface area contributed by atoms with E-state index in [1.165, 1.54) is 12.1 Å². The van der Waals surface area contributed by atoms with Gasteiger partial charge in [-0.05, 0) is 54.6 Å². The number of hydrogen-bond acceptors (Lipinski definition) is 5. The third-order valence-corrected chi connectivity index (χ3v) is 6.61. The highest BCUT2D eigenvalue weighted by molar-refractivity contribution is 7.92. The van der Waals surface area contributed by atoms with Crippen molar-refractivity contribution in [1.29, 1.82) is 0 Å². The zero-order valence-corrected chi connectivity index (χ0v) is 16.7. The highest BCUT2D eigenvalue weighted by Gasteiger charge is 2.20. The number of carbonyl (C=O) groups is 1. The Balaban J connectivity index is 1.77. The number of nitrogens with one attached hydrogen (secondary N) is 2. The number of benzene rings is 3. The molecule has 0 aliphatic heterocycles. The van der Waals surface area contributed by atoms with Crippen molar-refractivity contribution in [2.45, 2.75) is 9.79 Å². The molecule has 0 heterocycles. The molecule has 0 bridgehead atoms. The molecule has 0 aliphatic carbocycles. The zero-order chi connectivity index (χ0) is 21.9. The van der Waals surface area contributed by atoms with Crippen molar-refractivity contribution in [2.24, 2.45) is 0 Å². The van der Waals surface area contributed by atoms with Gasteiger partial charge in [0, 0.05) is 11.3 Å². The fraction of sp³-hybridized carbons (Fsp3) is 0. The van der Waals surface area contributed by atoms with Gasteiger partial charge in [-0.15, -0.1) is 0 Å². The highest BCUT2D eigenvalue weighted by atomic mass is 32.2. The summed E-state index contributed by atoms with van der Waals surface area (Å²) < 4.78 is 79.6. The lowest BCUT2D eigenvalue weighted by Crippen LogP contribution is -2.30. The van der Waals surface area contributed by atoms with E-state index in [9.17, 15) is 30.4 Å². The molecular formula is C19H14F2N2O5S2. The van der Waals surface area contributed by atoms with Gasteiger partial charge in [-0.25, -0.2) is 30.3 Å². The van der Waals surface area contributed by atoms with E-state index in [-0.39, 0.29) is 16.1 Å². The van der Waals surface area contributed by atoms with Crippen LogP contribution in [0.5, 0.6) is 0 Å². The molecule has 1 amide bonds. The number of carbonyl (C=O) groups excluding carboxylic acids is 1. The molecule has 0 atom stereocenters. The van der Waals surface area contributed by atoms with Crippen LogP contribution in [0, 0.1) is 11.6 Å². The summed E-state index contributed by atoms with van der Waals surface area (Å²) in [6.07, 6.45) is 0. The second kappa shape index (κ2) is 8.20. The van der Waals surface area contributed by atoms with Crippen LogP contribution in [-0.4, -0.2) is 22.7 Å². The monoisotopic (exact) mass is 452 g/mol. The quantitative estimate of drug-likeness (QED) is 0.598. The minimum atomic E-state index is -4.23. The van der Waals surface area contributed by atoms with Crippen LogP contribution < -0.4 is 9.44 Å². The molecule has 156 valence electrons. The largest absolute Gasteiger partial charge is 0.280 e. The number of amides is 1. The fourth-order valence-corrected chi connectivity index (χ4v) is 4.43. The van der Waals surface area contributed by atoms with E-state index in [1.807, 2.05) is 4.72 Å². The van der Waals surface area contributed by atoms with Gasteiger partial charge in [0.25, 0.3) is 26.0 Å². The number of anilines is 1. The van der Waals surface area contributed by atoms with Crippen LogP contribution in [0.4, 0.5) is 14.5 Å². The molecule has 0 saturated carbocycles. The van der Waals surface area contributed by atoms with Crippen LogP contribution in [0.2, 0.25) is 0 Å². The maximum absolute atomic E-state index is 13.3. The van der Waals surface area contributed by atoms with Crippen LogP contribution in [0.1, 0.15) is 10.4 Å². The second-order valence-corrected chi connectivity index (χ2v) is 9.37. The SMILES string of the molecule is O=C(NS(=O)(=O)c1ccc(NS(=O)(=O)c2ccc(F)c(F)c2)cc1)c1ccccc1. The maximum atomic E-state index is 13.3. The van der Waals surface area contributed by atoms with Crippen molar-refractivity contribution in [3.8, 4) is 0 Å². The first-order chi connectivity index (χ1) is 14.1. The topological polar surface area (TPSA) is 109 Å². The molecule has 0 fully saturated rings. The third kappa shape index (κ3) is 4.81. The van der Waals surface area contributed by atoms with Crippen molar-refractivity contribution in [3.63, 3.8) is 0 Å². The molecule has 3 aromatic carbocycles. The van der Waals surface area contributed by atoms with Crippen LogP contribution in [0.3, 0.4) is 0 Å². The number of sulfonamides is 2. The average Bonchev–Trinajstić information content (AvgIpc) is 2.70. The fourth-order valence-electron chi connectivity index (χ4n) is 2.39. The van der Waals surface area contributed by atoms with Gasteiger partial charge in [0.05, 0.1) is 9.79 Å². The Kier molecular flexibility index (Phi) is 5.85. The molecule has 2 N–H and O–H groups in total. The van der Waals surface area contributed by atoms with Crippen molar-refractivity contribution in [3.05, 3.63) is 90.0 Å². The Morgan fingerprint density at radius 3 is 1.90 bits per heavy atom. The lowest BCUT2D eigenvalue weighted by atomic mass is 10.2. The Bertz CT molecular complexity index is 1290. The Labute approximate surface area is 171 Å². The molecule has 0 aliphatic rings. The Morgan fingerprint density at radius 2 is 1.30 bits per heavy atom. The van der Waals surface area contributed by atoms with Crippen LogP contribution >= 0.6 is 0 Å². The normalized spacial score (nSPS) is 11.7. The average molecular weight is 452 g/mol. The number of halogens is 2. The summed E-state index contributed by atoms with van der Waals surface area (Å²) in [6.45, 7) is 0. The van der Waals surface area contributed by atoms with Gasteiger partial charge in [-0.1, -0.05) is 18.2 Å². The Hall–Kier alpha value is -3.31. The number of rotatable bonds is 6. The molecule has 3 rings (SSSR count). The summed E-state index contributed by atoms with van der Waals surface area (Å²) >= 11 is 0. The second-order valence-electron chi connectivity index (χ2n) is 6.01. The minimum absolute atomic E-state index is 0.0203. The van der Waals surface area contributed by atoms with Gasteiger partial charge < -0.3 is 0 Å². The maximum Gasteiger partial charge on any atom is 0.264 e. The molecule has 30 heavy (non-hydrogen) atoms. The van der Waals surface area contributed by atoms with Gasteiger partial charge in [0.15, 0.2) is 11.6 Å². The molecule has 0 spiro atoms. The predicted molar refractivity (Wildman–Crippen MR) is 105 cm³/mol. The summed E-state index contributed by atoms with van der Waals surface area (Å²) in [5.41, 5.74) is 0.130. The van der Waals surface area contributed by atoms with Crippen LogP contribution in [-0.2, 0) is 20.0 Å². The predicted octanol–water partition coefficient (Wildman–Crippen LogP) is 2.88. The molecule has 0 saturated heterocycles. The lowest BCUT2D eigenvalue weighted by molar-refractivity contribution is 0.0981. The zero-order valence-electron chi connectivity index (χ0n) is 15.0. The van der Waals surface area contributed by atoms with E-state index in [2.05, 4.69) is 4.72 Å². The molecule has 0 radical (unpaired) electrons. The number of hydrogen-bond donors (Lipinski definition) is 2. The smallest absolute Gasteiger partial charge is 0.264 e. The third-order valence-electron chi connectivity index (χ3n) is 3.88. The van der Waals surface area contributed by atoms with E-state index in [0.29, 0.717) is 12.1 Å². The van der Waals surface area contributed by atoms with Crippen LogP contribution in [0.25, 0.3) is 0 Å². The molecule has 0 aromatic heterocycles. The Morgan fingerprint density at radius 1 is 0.700 bits per heavy atom. The van der Waals surface area contributed by atoms with E-state index >= 15 is 0 Å². The van der Waals surface area contributed by atoms with Gasteiger partial charge in [0.1, 0.15) is 0 Å². The van der Waals surface area contributed by atoms with E-state index in [0.717, 1.165) is 30.3 Å². The highest BCUT2D eigenvalue weighted by Crippen LogP contribution is 2.20. The van der Waals surface area contributed by atoms with Crippen molar-refractivity contribution < 1.29 is 30.4 Å². The molecule has 7 nitrogen and oxygen atoms in total. The first-order valence-corrected chi connectivity index (χ1v) is 11.3. The van der Waals surface area contributed by atoms with E-state index < -0.39 is 42.5 Å².